The lowest BCUT2D eigenvalue weighted by atomic mass is 10.0. The molecule has 0 aliphatic rings. The van der Waals surface area contributed by atoms with Crippen LogP contribution in [-0.2, 0) is 48.3 Å². The van der Waals surface area contributed by atoms with Gasteiger partial charge in [-0.15, -0.1) is 10.2 Å². The van der Waals surface area contributed by atoms with Crippen LogP contribution in [0.2, 0.25) is 0 Å². The molecule has 0 aliphatic carbocycles. The largest absolute Gasteiger partial charge is 0.480 e. The Hall–Kier alpha value is -5.97. The number of carboxylic acid groups (broad SMARTS) is 3. The van der Waals surface area contributed by atoms with E-state index in [1.807, 2.05) is 54.6 Å². The van der Waals surface area contributed by atoms with Crippen LogP contribution in [-0.4, -0.2) is 110 Å². The fraction of sp³-hybridized carbons (Fsp3) is 0.300. The Kier molecular flexibility index (Phi) is 20.9. The highest BCUT2D eigenvalue weighted by molar-refractivity contribution is 7.90. The van der Waals surface area contributed by atoms with Gasteiger partial charge in [0.25, 0.3) is 5.92 Å². The number of carboxylic acids is 3. The molecule has 2 heterocycles. The number of nitrogens with two attached hydrogens (primary N) is 4. The predicted molar refractivity (Wildman–Crippen MR) is 225 cm³/mol. The lowest BCUT2D eigenvalue weighted by molar-refractivity contribution is -0.141. The first-order valence-corrected chi connectivity index (χ1v) is 21.0. The van der Waals surface area contributed by atoms with E-state index >= 15 is 0 Å². The summed E-state index contributed by atoms with van der Waals surface area (Å²) in [6.07, 6.45) is 3.60. The fourth-order valence-corrected chi connectivity index (χ4v) is 6.41. The van der Waals surface area contributed by atoms with E-state index in [0.717, 1.165) is 39.1 Å². The van der Waals surface area contributed by atoms with Crippen molar-refractivity contribution < 1.29 is 51.7 Å². The molecule has 3 aromatic carbocycles. The fourth-order valence-electron chi connectivity index (χ4n) is 4.97. The SMILES string of the molecule is CC(=O)[C@@H](N)CS(C)(=O)=O.N[C@@H](CC(F)(F)Cc1ccccc1)C(=O)O.N[C@@H](Cc1cccc(-c2ccnnc2)c1)C(=O)O.N[C@@H](Cc1cccc(-c2nncs2)c1)C(=O)O. The smallest absolute Gasteiger partial charge is 0.320 e. The number of benzene rings is 3. The third kappa shape index (κ3) is 20.7. The molecule has 0 aliphatic heterocycles. The van der Waals surface area contributed by atoms with E-state index in [0.29, 0.717) is 18.4 Å². The van der Waals surface area contributed by atoms with E-state index in [1.54, 1.807) is 48.2 Å². The van der Waals surface area contributed by atoms with Gasteiger partial charge in [0.2, 0.25) is 0 Å². The Labute approximate surface area is 354 Å². The molecule has 0 radical (unpaired) electrons. The van der Waals surface area contributed by atoms with Gasteiger partial charge in [-0.3, -0.25) is 19.2 Å². The molecular weight excluding hydrogens is 839 g/mol. The van der Waals surface area contributed by atoms with Crippen LogP contribution in [0.1, 0.15) is 30.0 Å². The first-order valence-electron chi connectivity index (χ1n) is 18.1. The highest BCUT2D eigenvalue weighted by Gasteiger charge is 2.34. The molecule has 2 aromatic heterocycles. The molecule has 17 nitrogen and oxygen atoms in total. The number of Topliss-reactive ketones (excluding diaryl/α,β-unsaturated/α-hetero) is 1. The van der Waals surface area contributed by atoms with Crippen molar-refractivity contribution in [1.29, 1.82) is 0 Å². The maximum atomic E-state index is 13.4. The summed E-state index contributed by atoms with van der Waals surface area (Å²) < 4.78 is 47.8. The number of ketones is 1. The van der Waals surface area contributed by atoms with E-state index in [-0.39, 0.29) is 11.5 Å². The van der Waals surface area contributed by atoms with Crippen LogP contribution in [0, 0.1) is 0 Å². The maximum Gasteiger partial charge on any atom is 0.320 e. The van der Waals surface area contributed by atoms with Gasteiger partial charge in [0.15, 0.2) is 0 Å². The first-order chi connectivity index (χ1) is 28.6. The number of hydrogen-bond acceptors (Lipinski definition) is 15. The Morgan fingerprint density at radius 3 is 1.66 bits per heavy atom. The average Bonchev–Trinajstić information content (AvgIpc) is 3.74. The molecule has 0 saturated carbocycles. The highest BCUT2D eigenvalue weighted by atomic mass is 32.2. The van der Waals surface area contributed by atoms with E-state index in [9.17, 15) is 36.4 Å². The minimum Gasteiger partial charge on any atom is -0.480 e. The number of alkyl halides is 2. The van der Waals surface area contributed by atoms with Crippen molar-refractivity contribution in [2.75, 3.05) is 12.0 Å². The van der Waals surface area contributed by atoms with Gasteiger partial charge in [0.05, 0.1) is 24.2 Å². The zero-order chi connectivity index (χ0) is 45.8. The normalized spacial score (nSPS) is 12.9. The van der Waals surface area contributed by atoms with Crippen molar-refractivity contribution in [1.82, 2.24) is 20.4 Å². The van der Waals surface area contributed by atoms with Crippen LogP contribution in [0.15, 0.2) is 103 Å². The van der Waals surface area contributed by atoms with E-state index < -0.39 is 70.7 Å². The quantitative estimate of drug-likeness (QED) is 0.0749. The Bertz CT molecular complexity index is 2260. The summed E-state index contributed by atoms with van der Waals surface area (Å²) in [7, 11) is -3.11. The van der Waals surface area contributed by atoms with Gasteiger partial charge < -0.3 is 38.3 Å². The summed E-state index contributed by atoms with van der Waals surface area (Å²) in [6, 6.07) is 21.0. The summed E-state index contributed by atoms with van der Waals surface area (Å²) in [5, 5.41) is 42.1. The topological polar surface area (TPSA) is 319 Å². The summed E-state index contributed by atoms with van der Waals surface area (Å²) in [6.45, 7) is 1.27. The zero-order valence-electron chi connectivity index (χ0n) is 33.1. The van der Waals surface area contributed by atoms with Crippen molar-refractivity contribution in [3.05, 3.63) is 120 Å². The zero-order valence-corrected chi connectivity index (χ0v) is 34.8. The summed E-state index contributed by atoms with van der Waals surface area (Å²) in [5.74, 6) is -7.06. The minimum atomic E-state index is -3.11. The van der Waals surface area contributed by atoms with Crippen LogP contribution in [0.4, 0.5) is 8.78 Å². The lowest BCUT2D eigenvalue weighted by Gasteiger charge is -2.18. The number of halogens is 2. The number of sulfone groups is 1. The number of rotatable bonds is 16. The molecule has 4 atom stereocenters. The van der Waals surface area contributed by atoms with Gasteiger partial charge in [-0.2, -0.15) is 10.2 Å². The molecule has 11 N–H and O–H groups in total. The number of carbonyl (C=O) groups excluding carboxylic acids is 1. The number of aromatic nitrogens is 4. The number of hydrogen-bond donors (Lipinski definition) is 7. The second-order valence-corrected chi connectivity index (χ2v) is 16.6. The molecule has 0 bridgehead atoms. The molecule has 0 amide bonds. The monoisotopic (exact) mass is 886 g/mol. The number of carbonyl (C=O) groups is 4. The first kappa shape index (κ1) is 51.2. The van der Waals surface area contributed by atoms with Crippen molar-refractivity contribution >= 4 is 44.9 Å². The van der Waals surface area contributed by atoms with Gasteiger partial charge in [-0.1, -0.05) is 84.1 Å². The van der Waals surface area contributed by atoms with Crippen molar-refractivity contribution in [3.63, 3.8) is 0 Å². The average molecular weight is 887 g/mol. The molecule has 5 aromatic rings. The highest BCUT2D eigenvalue weighted by Crippen LogP contribution is 2.25. The van der Waals surface area contributed by atoms with Gasteiger partial charge in [0, 0.05) is 30.2 Å². The van der Waals surface area contributed by atoms with Gasteiger partial charge >= 0.3 is 17.9 Å². The van der Waals surface area contributed by atoms with Crippen molar-refractivity contribution in [3.8, 4) is 21.7 Å². The maximum absolute atomic E-state index is 13.4. The Morgan fingerprint density at radius 2 is 1.21 bits per heavy atom. The van der Waals surface area contributed by atoms with Crippen LogP contribution in [0.3, 0.4) is 0 Å². The van der Waals surface area contributed by atoms with Gasteiger partial charge in [0.1, 0.15) is 44.3 Å². The molecule has 5 rings (SSSR count). The second-order valence-electron chi connectivity index (χ2n) is 13.6. The molecule has 0 fully saturated rings. The lowest BCUT2D eigenvalue weighted by Crippen LogP contribution is -2.37. The van der Waals surface area contributed by atoms with E-state index in [1.165, 1.54) is 18.3 Å². The number of aliphatic carboxylic acids is 3. The van der Waals surface area contributed by atoms with Gasteiger partial charge in [-0.05, 0) is 54.2 Å². The third-order valence-corrected chi connectivity index (χ3v) is 9.77. The summed E-state index contributed by atoms with van der Waals surface area (Å²) in [5.41, 5.74) is 28.0. The molecule has 0 spiro atoms. The standard InChI is InChI=1S/C13H13N3O2.C11H13F2NO2.C11H11N3O2S.C5H11NO3S/c14-12(13(17)18)7-9-2-1-3-10(6-9)11-4-5-15-16-8-11;12-11(13,7-9(14)10(15)16)6-8-4-2-1-3-5-8;12-9(11(15)16)5-7-2-1-3-8(4-7)10-14-13-6-17-10;1-4(7)5(6)3-10(2,8)9/h1-6,8,12H,7,14H2,(H,17,18);1-5,9H,6-7,14H2,(H,15,16);1-4,6,9H,5,12H2,(H,15,16);5H,3,6H2,1-2H3/t12-;2*9-;5-/m0000/s1. The second kappa shape index (κ2) is 25.0. The van der Waals surface area contributed by atoms with E-state index in [4.69, 9.17) is 38.3 Å². The Balaban J connectivity index is 0.000000286. The Morgan fingerprint density at radius 1 is 0.689 bits per heavy atom. The molecular formula is C40H48F2N8O9S2. The summed E-state index contributed by atoms with van der Waals surface area (Å²) >= 11 is 1.44. The third-order valence-electron chi connectivity index (χ3n) is 8.07. The summed E-state index contributed by atoms with van der Waals surface area (Å²) in [4.78, 5) is 42.2. The molecule has 328 valence electrons. The van der Waals surface area contributed by atoms with Crippen molar-refractivity contribution in [2.24, 2.45) is 22.9 Å². The predicted octanol–water partition coefficient (Wildman–Crippen LogP) is 2.87. The van der Waals surface area contributed by atoms with Crippen LogP contribution in [0.25, 0.3) is 21.7 Å². The molecule has 0 unspecified atom stereocenters. The van der Waals surface area contributed by atoms with Crippen LogP contribution < -0.4 is 22.9 Å². The van der Waals surface area contributed by atoms with E-state index in [2.05, 4.69) is 20.4 Å². The molecule has 0 saturated heterocycles. The van der Waals surface area contributed by atoms with Crippen molar-refractivity contribution in [2.45, 2.75) is 62.7 Å². The van der Waals surface area contributed by atoms with Gasteiger partial charge in [-0.25, -0.2) is 17.2 Å². The number of nitrogens with zero attached hydrogens (tertiary/aromatic N) is 4. The molecule has 21 heteroatoms. The minimum absolute atomic E-state index is 0.262. The molecule has 61 heavy (non-hydrogen) atoms. The van der Waals surface area contributed by atoms with Crippen LogP contribution in [0.5, 0.6) is 0 Å². The van der Waals surface area contributed by atoms with Crippen LogP contribution >= 0.6 is 11.3 Å².